The van der Waals surface area contributed by atoms with E-state index < -0.39 is 4.92 Å². The Hall–Kier alpha value is -3.54. The minimum atomic E-state index is -0.418. The number of aromatic nitrogens is 3. The van der Waals surface area contributed by atoms with Gasteiger partial charge < -0.3 is 0 Å². The van der Waals surface area contributed by atoms with Crippen LogP contribution in [-0.2, 0) is 0 Å². The first kappa shape index (κ1) is 14.1. The van der Waals surface area contributed by atoms with Crippen molar-refractivity contribution in [1.29, 1.82) is 0 Å². The van der Waals surface area contributed by atoms with Gasteiger partial charge in [0.05, 0.1) is 10.6 Å². The highest BCUT2D eigenvalue weighted by Gasteiger charge is 2.14. The number of rotatable bonds is 3. The number of benzene rings is 2. The van der Waals surface area contributed by atoms with Gasteiger partial charge in [-0.25, -0.2) is 9.67 Å². The number of hydrogen-bond acceptors (Lipinski definition) is 4. The Morgan fingerprint density at radius 3 is 2.38 bits per heavy atom. The average molecular weight is 316 g/mol. The highest BCUT2D eigenvalue weighted by Crippen LogP contribution is 2.28. The molecule has 2 heterocycles. The lowest BCUT2D eigenvalue weighted by atomic mass is 10.1. The number of nitro groups is 1. The third-order valence-electron chi connectivity index (χ3n) is 3.79. The van der Waals surface area contributed by atoms with Crippen molar-refractivity contribution in [2.45, 2.75) is 0 Å². The Morgan fingerprint density at radius 2 is 1.67 bits per heavy atom. The van der Waals surface area contributed by atoms with E-state index in [0.717, 1.165) is 22.3 Å². The fraction of sp³-hybridized carbons (Fsp3) is 0. The van der Waals surface area contributed by atoms with E-state index in [1.807, 2.05) is 42.5 Å². The molecule has 4 aromatic rings. The Labute approximate surface area is 137 Å². The van der Waals surface area contributed by atoms with Gasteiger partial charge in [-0.05, 0) is 24.3 Å². The maximum absolute atomic E-state index is 10.8. The molecule has 4 rings (SSSR count). The Balaban J connectivity index is 1.92. The molecule has 0 radical (unpaired) electrons. The first-order chi connectivity index (χ1) is 11.7. The Bertz CT molecular complexity index is 1020. The van der Waals surface area contributed by atoms with E-state index in [2.05, 4.69) is 10.1 Å². The largest absolute Gasteiger partial charge is 0.269 e. The second kappa shape index (κ2) is 5.58. The predicted molar refractivity (Wildman–Crippen MR) is 91.0 cm³/mol. The highest BCUT2D eigenvalue weighted by atomic mass is 16.6. The zero-order chi connectivity index (χ0) is 16.5. The molecule has 0 fully saturated rings. The summed E-state index contributed by atoms with van der Waals surface area (Å²) in [5.74, 6) is 0. The fourth-order valence-corrected chi connectivity index (χ4v) is 2.66. The summed E-state index contributed by atoms with van der Waals surface area (Å²) >= 11 is 0. The molecule has 0 amide bonds. The van der Waals surface area contributed by atoms with Crippen molar-refractivity contribution < 1.29 is 4.92 Å². The third kappa shape index (κ3) is 2.30. The molecule has 0 aliphatic heterocycles. The summed E-state index contributed by atoms with van der Waals surface area (Å²) in [5, 5.41) is 16.4. The number of pyridine rings is 1. The molecule has 0 saturated heterocycles. The molecule has 0 spiro atoms. The summed E-state index contributed by atoms with van der Waals surface area (Å²) in [7, 11) is 0. The van der Waals surface area contributed by atoms with Crippen LogP contribution in [0.3, 0.4) is 0 Å². The van der Waals surface area contributed by atoms with Crippen LogP contribution in [0.1, 0.15) is 0 Å². The van der Waals surface area contributed by atoms with Crippen LogP contribution < -0.4 is 0 Å². The summed E-state index contributed by atoms with van der Waals surface area (Å²) in [4.78, 5) is 14.8. The monoisotopic (exact) mass is 316 g/mol. The minimum Gasteiger partial charge on any atom is -0.258 e. The van der Waals surface area contributed by atoms with Gasteiger partial charge in [0.25, 0.3) is 5.69 Å². The minimum absolute atomic E-state index is 0.0476. The summed E-state index contributed by atoms with van der Waals surface area (Å²) in [5.41, 5.74) is 3.32. The number of fused-ring (bicyclic) bond motifs is 1. The summed E-state index contributed by atoms with van der Waals surface area (Å²) in [6.07, 6.45) is 1.71. The molecule has 0 unspecified atom stereocenters. The van der Waals surface area contributed by atoms with Crippen LogP contribution in [0, 0.1) is 10.1 Å². The van der Waals surface area contributed by atoms with Gasteiger partial charge in [0.15, 0.2) is 5.65 Å². The number of nitro benzene ring substituents is 1. The van der Waals surface area contributed by atoms with Crippen molar-refractivity contribution in [2.75, 3.05) is 0 Å². The summed E-state index contributed by atoms with van der Waals surface area (Å²) in [6, 6.07) is 20.0. The molecule has 24 heavy (non-hydrogen) atoms. The molecular weight excluding hydrogens is 304 g/mol. The topological polar surface area (TPSA) is 73.8 Å². The van der Waals surface area contributed by atoms with E-state index in [4.69, 9.17) is 0 Å². The molecule has 0 bridgehead atoms. The van der Waals surface area contributed by atoms with Crippen LogP contribution in [0.25, 0.3) is 28.0 Å². The number of non-ortho nitro benzene ring substituents is 1. The van der Waals surface area contributed by atoms with Gasteiger partial charge >= 0.3 is 0 Å². The molecule has 2 aromatic carbocycles. The number of nitrogens with zero attached hydrogens (tertiary/aromatic N) is 4. The van der Waals surface area contributed by atoms with Crippen molar-refractivity contribution in [3.05, 3.63) is 83.0 Å². The van der Waals surface area contributed by atoms with Crippen molar-refractivity contribution in [3.8, 4) is 16.9 Å². The standard InChI is InChI=1S/C18H12N4O2/c23-22(24)15-10-8-14(9-11-15)21-18-16(7-4-12-19-18)17(20-21)13-5-2-1-3-6-13/h1-12H. The zero-order valence-corrected chi connectivity index (χ0v) is 12.5. The van der Waals surface area contributed by atoms with E-state index in [1.165, 1.54) is 12.1 Å². The Kier molecular flexibility index (Phi) is 3.28. The first-order valence-corrected chi connectivity index (χ1v) is 7.38. The van der Waals surface area contributed by atoms with Crippen LogP contribution in [0.2, 0.25) is 0 Å². The summed E-state index contributed by atoms with van der Waals surface area (Å²) < 4.78 is 1.71. The average Bonchev–Trinajstić information content (AvgIpc) is 3.02. The molecule has 2 aromatic heterocycles. The Morgan fingerprint density at radius 1 is 0.917 bits per heavy atom. The SMILES string of the molecule is O=[N+]([O-])c1ccc(-n2nc(-c3ccccc3)c3cccnc32)cc1. The second-order valence-corrected chi connectivity index (χ2v) is 5.27. The molecule has 0 N–H and O–H groups in total. The molecule has 0 atom stereocenters. The van der Waals surface area contributed by atoms with E-state index in [-0.39, 0.29) is 5.69 Å². The normalized spacial score (nSPS) is 10.8. The van der Waals surface area contributed by atoms with E-state index in [0.29, 0.717) is 5.65 Å². The lowest BCUT2D eigenvalue weighted by Gasteiger charge is -2.02. The van der Waals surface area contributed by atoms with Gasteiger partial charge in [0, 0.05) is 29.3 Å². The van der Waals surface area contributed by atoms with Crippen LogP contribution in [0.4, 0.5) is 5.69 Å². The maximum Gasteiger partial charge on any atom is 0.269 e. The molecule has 6 heteroatoms. The first-order valence-electron chi connectivity index (χ1n) is 7.38. The van der Waals surface area contributed by atoms with Crippen molar-refractivity contribution >= 4 is 16.7 Å². The predicted octanol–water partition coefficient (Wildman–Crippen LogP) is 4.00. The molecule has 6 nitrogen and oxygen atoms in total. The van der Waals surface area contributed by atoms with Crippen LogP contribution >= 0.6 is 0 Å². The maximum atomic E-state index is 10.8. The van der Waals surface area contributed by atoms with E-state index >= 15 is 0 Å². The van der Waals surface area contributed by atoms with Gasteiger partial charge in [-0.15, -0.1) is 0 Å². The lowest BCUT2D eigenvalue weighted by Crippen LogP contribution is -1.98. The number of hydrogen-bond donors (Lipinski definition) is 0. The zero-order valence-electron chi connectivity index (χ0n) is 12.5. The smallest absolute Gasteiger partial charge is 0.258 e. The van der Waals surface area contributed by atoms with Crippen LogP contribution in [0.5, 0.6) is 0 Å². The van der Waals surface area contributed by atoms with E-state index in [9.17, 15) is 10.1 Å². The van der Waals surface area contributed by atoms with Gasteiger partial charge in [-0.2, -0.15) is 5.10 Å². The van der Waals surface area contributed by atoms with Gasteiger partial charge in [0.1, 0.15) is 5.69 Å². The van der Waals surface area contributed by atoms with Gasteiger partial charge in [-0.3, -0.25) is 10.1 Å². The van der Waals surface area contributed by atoms with Crippen LogP contribution in [-0.4, -0.2) is 19.7 Å². The van der Waals surface area contributed by atoms with Crippen molar-refractivity contribution in [3.63, 3.8) is 0 Å². The molecule has 0 saturated carbocycles. The lowest BCUT2D eigenvalue weighted by molar-refractivity contribution is -0.384. The quantitative estimate of drug-likeness (QED) is 0.423. The van der Waals surface area contributed by atoms with Crippen LogP contribution in [0.15, 0.2) is 72.9 Å². The second-order valence-electron chi connectivity index (χ2n) is 5.27. The van der Waals surface area contributed by atoms with Gasteiger partial charge in [0.2, 0.25) is 0 Å². The molecular formula is C18H12N4O2. The van der Waals surface area contributed by atoms with E-state index in [1.54, 1.807) is 23.0 Å². The molecule has 0 aliphatic rings. The fourth-order valence-electron chi connectivity index (χ4n) is 2.66. The highest BCUT2D eigenvalue weighted by molar-refractivity contribution is 5.91. The summed E-state index contributed by atoms with van der Waals surface area (Å²) in [6.45, 7) is 0. The van der Waals surface area contributed by atoms with Crippen molar-refractivity contribution in [1.82, 2.24) is 14.8 Å². The third-order valence-corrected chi connectivity index (χ3v) is 3.79. The molecule has 116 valence electrons. The van der Waals surface area contributed by atoms with Gasteiger partial charge in [-0.1, -0.05) is 30.3 Å². The molecule has 0 aliphatic carbocycles. The van der Waals surface area contributed by atoms with Crippen molar-refractivity contribution in [2.24, 2.45) is 0 Å².